The number of rotatable bonds is 3. The Morgan fingerprint density at radius 1 is 1.18 bits per heavy atom. The van der Waals surface area contributed by atoms with Crippen LogP contribution >= 0.6 is 0 Å². The number of nitrogens with two attached hydrogens (primary N) is 1. The van der Waals surface area contributed by atoms with Gasteiger partial charge in [-0.05, 0) is 24.7 Å². The lowest BCUT2D eigenvalue weighted by Gasteiger charge is -2.50. The highest BCUT2D eigenvalue weighted by Crippen LogP contribution is 2.40. The second-order valence-corrected chi connectivity index (χ2v) is 8.13. The smallest absolute Gasteiger partial charge is 0.214 e. The fourth-order valence-electron chi connectivity index (χ4n) is 2.83. The lowest BCUT2D eigenvalue weighted by Crippen LogP contribution is -2.65. The molecule has 2 fully saturated rings. The SMILES string of the molecule is CC1(C)C(N)CC1NS(=O)(=O)C1CCCCC1. The first-order valence-electron chi connectivity index (χ1n) is 6.61. The van der Waals surface area contributed by atoms with Crippen molar-refractivity contribution in [3.05, 3.63) is 0 Å². The van der Waals surface area contributed by atoms with E-state index in [2.05, 4.69) is 4.72 Å². The number of hydrogen-bond donors (Lipinski definition) is 2. The van der Waals surface area contributed by atoms with Crippen molar-refractivity contribution in [1.82, 2.24) is 4.72 Å². The quantitative estimate of drug-likeness (QED) is 0.805. The summed E-state index contributed by atoms with van der Waals surface area (Å²) in [4.78, 5) is 0. The molecular weight excluding hydrogens is 236 g/mol. The molecule has 2 aliphatic carbocycles. The van der Waals surface area contributed by atoms with Crippen LogP contribution in [0.1, 0.15) is 52.4 Å². The van der Waals surface area contributed by atoms with Crippen molar-refractivity contribution in [2.24, 2.45) is 11.1 Å². The maximum Gasteiger partial charge on any atom is 0.214 e. The molecular formula is C12H24N2O2S. The van der Waals surface area contributed by atoms with Crippen LogP contribution in [0.5, 0.6) is 0 Å². The van der Waals surface area contributed by atoms with E-state index in [1.54, 1.807) is 0 Å². The Bertz CT molecular complexity index is 372. The molecule has 3 N–H and O–H groups in total. The summed E-state index contributed by atoms with van der Waals surface area (Å²) in [6.07, 6.45) is 5.64. The van der Waals surface area contributed by atoms with Crippen molar-refractivity contribution in [2.75, 3.05) is 0 Å². The van der Waals surface area contributed by atoms with Gasteiger partial charge in [0.1, 0.15) is 0 Å². The van der Waals surface area contributed by atoms with Gasteiger partial charge in [-0.25, -0.2) is 13.1 Å². The van der Waals surface area contributed by atoms with Crippen molar-refractivity contribution in [1.29, 1.82) is 0 Å². The fourth-order valence-corrected chi connectivity index (χ4v) is 4.77. The van der Waals surface area contributed by atoms with Gasteiger partial charge < -0.3 is 5.73 Å². The Morgan fingerprint density at radius 2 is 1.76 bits per heavy atom. The van der Waals surface area contributed by atoms with Crippen LogP contribution in [-0.2, 0) is 10.0 Å². The highest BCUT2D eigenvalue weighted by atomic mass is 32.2. The normalized spacial score (nSPS) is 34.3. The van der Waals surface area contributed by atoms with Crippen LogP contribution in [0.3, 0.4) is 0 Å². The Hall–Kier alpha value is -0.130. The average molecular weight is 260 g/mol. The summed E-state index contributed by atoms with van der Waals surface area (Å²) < 4.78 is 27.3. The third-order valence-electron chi connectivity index (χ3n) is 4.64. The van der Waals surface area contributed by atoms with Gasteiger partial charge in [0.15, 0.2) is 0 Å². The second kappa shape index (κ2) is 4.52. The zero-order chi connectivity index (χ0) is 12.7. The molecule has 17 heavy (non-hydrogen) atoms. The largest absolute Gasteiger partial charge is 0.327 e. The van der Waals surface area contributed by atoms with Gasteiger partial charge in [0, 0.05) is 12.1 Å². The predicted molar refractivity (Wildman–Crippen MR) is 69.1 cm³/mol. The topological polar surface area (TPSA) is 72.2 Å². The summed E-state index contributed by atoms with van der Waals surface area (Å²) in [6, 6.07) is 0.131. The zero-order valence-corrected chi connectivity index (χ0v) is 11.6. The van der Waals surface area contributed by atoms with E-state index in [1.165, 1.54) is 6.42 Å². The first kappa shape index (κ1) is 13.3. The van der Waals surface area contributed by atoms with E-state index in [1.807, 2.05) is 13.8 Å². The summed E-state index contributed by atoms with van der Waals surface area (Å²) in [6.45, 7) is 4.07. The zero-order valence-electron chi connectivity index (χ0n) is 10.8. The summed E-state index contributed by atoms with van der Waals surface area (Å²) >= 11 is 0. The van der Waals surface area contributed by atoms with Gasteiger partial charge in [-0.3, -0.25) is 0 Å². The number of nitrogens with one attached hydrogen (secondary N) is 1. The monoisotopic (exact) mass is 260 g/mol. The Labute approximate surface area is 104 Å². The maximum absolute atomic E-state index is 12.2. The van der Waals surface area contributed by atoms with Crippen LogP contribution < -0.4 is 10.5 Å². The molecule has 0 radical (unpaired) electrons. The van der Waals surface area contributed by atoms with E-state index in [9.17, 15) is 8.42 Å². The van der Waals surface area contributed by atoms with E-state index >= 15 is 0 Å². The van der Waals surface area contributed by atoms with Gasteiger partial charge in [-0.15, -0.1) is 0 Å². The van der Waals surface area contributed by atoms with E-state index in [0.29, 0.717) is 0 Å². The molecule has 4 nitrogen and oxygen atoms in total. The van der Waals surface area contributed by atoms with Gasteiger partial charge in [-0.1, -0.05) is 33.1 Å². The molecule has 100 valence electrons. The van der Waals surface area contributed by atoms with Crippen molar-refractivity contribution in [2.45, 2.75) is 69.7 Å². The minimum atomic E-state index is -3.14. The molecule has 0 bridgehead atoms. The average Bonchev–Trinajstić information content (AvgIpc) is 2.30. The van der Waals surface area contributed by atoms with Gasteiger partial charge in [0.25, 0.3) is 0 Å². The highest BCUT2D eigenvalue weighted by molar-refractivity contribution is 7.90. The molecule has 0 heterocycles. The molecule has 0 aromatic heterocycles. The Morgan fingerprint density at radius 3 is 2.24 bits per heavy atom. The lowest BCUT2D eigenvalue weighted by atomic mass is 9.64. The van der Waals surface area contributed by atoms with Crippen molar-refractivity contribution >= 4 is 10.0 Å². The molecule has 2 rings (SSSR count). The van der Waals surface area contributed by atoms with Crippen LogP contribution in [-0.4, -0.2) is 25.8 Å². The third-order valence-corrected chi connectivity index (χ3v) is 6.60. The maximum atomic E-state index is 12.2. The van der Waals surface area contributed by atoms with Gasteiger partial charge in [-0.2, -0.15) is 0 Å². The highest BCUT2D eigenvalue weighted by Gasteiger charge is 2.48. The minimum Gasteiger partial charge on any atom is -0.327 e. The van der Waals surface area contributed by atoms with E-state index in [0.717, 1.165) is 32.1 Å². The molecule has 2 aliphatic rings. The fraction of sp³-hybridized carbons (Fsp3) is 1.00. The standard InChI is InChI=1S/C12H24N2O2S/c1-12(2)10(13)8-11(12)14-17(15,16)9-6-4-3-5-7-9/h9-11,14H,3-8,13H2,1-2H3. The minimum absolute atomic E-state index is 0.0180. The van der Waals surface area contributed by atoms with Gasteiger partial charge >= 0.3 is 0 Å². The third kappa shape index (κ3) is 2.51. The first-order chi connectivity index (χ1) is 7.84. The van der Waals surface area contributed by atoms with Crippen LogP contribution in [0.25, 0.3) is 0 Å². The van der Waals surface area contributed by atoms with Gasteiger partial charge in [0.05, 0.1) is 5.25 Å². The first-order valence-corrected chi connectivity index (χ1v) is 8.15. The molecule has 0 aliphatic heterocycles. The Kier molecular flexibility index (Phi) is 3.54. The van der Waals surface area contributed by atoms with Crippen LogP contribution in [0.2, 0.25) is 0 Å². The summed E-state index contributed by atoms with van der Waals surface area (Å²) in [5, 5.41) is -0.177. The van der Waals surface area contributed by atoms with E-state index in [-0.39, 0.29) is 22.7 Å². The second-order valence-electron chi connectivity index (χ2n) is 6.14. The van der Waals surface area contributed by atoms with Crippen LogP contribution in [0, 0.1) is 5.41 Å². The molecule has 5 heteroatoms. The molecule has 0 aromatic rings. The van der Waals surface area contributed by atoms with Crippen molar-refractivity contribution in [3.63, 3.8) is 0 Å². The molecule has 0 saturated heterocycles. The molecule has 0 spiro atoms. The van der Waals surface area contributed by atoms with Crippen LogP contribution in [0.4, 0.5) is 0 Å². The van der Waals surface area contributed by atoms with Crippen molar-refractivity contribution in [3.8, 4) is 0 Å². The Balaban J connectivity index is 1.98. The molecule has 2 atom stereocenters. The summed E-state index contributed by atoms with van der Waals surface area (Å²) in [7, 11) is -3.14. The summed E-state index contributed by atoms with van der Waals surface area (Å²) in [5.41, 5.74) is 5.80. The summed E-state index contributed by atoms with van der Waals surface area (Å²) in [5.74, 6) is 0. The van der Waals surface area contributed by atoms with Crippen LogP contribution in [0.15, 0.2) is 0 Å². The van der Waals surface area contributed by atoms with E-state index < -0.39 is 10.0 Å². The lowest BCUT2D eigenvalue weighted by molar-refractivity contribution is 0.0900. The van der Waals surface area contributed by atoms with E-state index in [4.69, 9.17) is 5.73 Å². The van der Waals surface area contributed by atoms with Crippen molar-refractivity contribution < 1.29 is 8.42 Å². The molecule has 0 amide bonds. The number of sulfonamides is 1. The predicted octanol–water partition coefficient (Wildman–Crippen LogP) is 1.36. The van der Waals surface area contributed by atoms with Gasteiger partial charge in [0.2, 0.25) is 10.0 Å². The number of hydrogen-bond acceptors (Lipinski definition) is 3. The molecule has 2 unspecified atom stereocenters. The molecule has 0 aromatic carbocycles. The molecule has 2 saturated carbocycles.